The molecule has 0 spiro atoms. The van der Waals surface area contributed by atoms with Crippen molar-refractivity contribution in [3.8, 4) is 12.1 Å². The standard InChI is InChI=1S/C20H15BrClN3O4S/c1-2-29-19(26)16(10-23)20(12-24)15-5-3-4-6-18(15)30(27,28)25(20)11-13-7-8-14(21)9-17(13)22/h3-9,16H,2,11H2,1H3. The van der Waals surface area contributed by atoms with Crippen molar-refractivity contribution < 1.29 is 17.9 Å². The van der Waals surface area contributed by atoms with Gasteiger partial charge >= 0.3 is 5.97 Å². The molecular weight excluding hydrogens is 494 g/mol. The first-order valence-electron chi connectivity index (χ1n) is 8.77. The molecule has 0 fully saturated rings. The zero-order chi connectivity index (χ0) is 22.1. The number of hydrogen-bond acceptors (Lipinski definition) is 6. The van der Waals surface area contributed by atoms with E-state index < -0.39 is 27.4 Å². The summed E-state index contributed by atoms with van der Waals surface area (Å²) in [5, 5.41) is 20.3. The summed E-state index contributed by atoms with van der Waals surface area (Å²) in [6.45, 7) is 1.23. The lowest BCUT2D eigenvalue weighted by Gasteiger charge is -2.33. The summed E-state index contributed by atoms with van der Waals surface area (Å²) >= 11 is 9.57. The maximum Gasteiger partial charge on any atom is 0.326 e. The number of nitriles is 2. The Kier molecular flexibility index (Phi) is 6.21. The van der Waals surface area contributed by atoms with E-state index in [4.69, 9.17) is 16.3 Å². The van der Waals surface area contributed by atoms with Gasteiger partial charge in [-0.3, -0.25) is 4.79 Å². The van der Waals surface area contributed by atoms with Crippen LogP contribution in [0.25, 0.3) is 0 Å². The number of carbonyl (C=O) groups excluding carboxylic acids is 1. The Hall–Kier alpha value is -2.43. The highest BCUT2D eigenvalue weighted by atomic mass is 79.9. The third-order valence-corrected chi connectivity index (χ3v) is 7.58. The molecule has 0 N–H and O–H groups in total. The maximum absolute atomic E-state index is 13.4. The van der Waals surface area contributed by atoms with Gasteiger partial charge in [0.25, 0.3) is 0 Å². The van der Waals surface area contributed by atoms with E-state index >= 15 is 0 Å². The average molecular weight is 509 g/mol. The molecule has 0 aromatic heterocycles. The van der Waals surface area contributed by atoms with E-state index in [1.165, 1.54) is 18.2 Å². The summed E-state index contributed by atoms with van der Waals surface area (Å²) in [6, 6.07) is 14.5. The molecule has 2 aromatic rings. The monoisotopic (exact) mass is 507 g/mol. The van der Waals surface area contributed by atoms with Gasteiger partial charge in [-0.15, -0.1) is 0 Å². The molecule has 0 bridgehead atoms. The average Bonchev–Trinajstić information content (AvgIpc) is 2.90. The first-order chi connectivity index (χ1) is 14.2. The van der Waals surface area contributed by atoms with E-state index in [0.717, 1.165) is 4.31 Å². The normalized spacial score (nSPS) is 20.6. The lowest BCUT2D eigenvalue weighted by Crippen LogP contribution is -2.50. The number of carbonyl (C=O) groups is 1. The SMILES string of the molecule is CCOC(=O)C(C#N)C1(C#N)c2ccccc2S(=O)(=O)N1Cc1ccc(Br)cc1Cl. The Morgan fingerprint density at radius 2 is 2.00 bits per heavy atom. The van der Waals surface area contributed by atoms with Crippen LogP contribution >= 0.6 is 27.5 Å². The highest BCUT2D eigenvalue weighted by Crippen LogP contribution is 2.49. The molecule has 2 unspecified atom stereocenters. The van der Waals surface area contributed by atoms with Crippen LogP contribution in [0.3, 0.4) is 0 Å². The Bertz CT molecular complexity index is 1210. The van der Waals surface area contributed by atoms with Crippen molar-refractivity contribution in [2.75, 3.05) is 6.61 Å². The summed E-state index contributed by atoms with van der Waals surface area (Å²) in [4.78, 5) is 12.5. The second kappa shape index (κ2) is 8.37. The molecule has 1 aliphatic rings. The van der Waals surface area contributed by atoms with Crippen LogP contribution in [0.1, 0.15) is 18.1 Å². The van der Waals surface area contributed by atoms with Crippen LogP contribution < -0.4 is 0 Å². The highest BCUT2D eigenvalue weighted by molar-refractivity contribution is 9.10. The van der Waals surface area contributed by atoms with Crippen LogP contribution in [0.4, 0.5) is 0 Å². The van der Waals surface area contributed by atoms with Crippen LogP contribution in [-0.4, -0.2) is 25.3 Å². The molecule has 0 saturated heterocycles. The van der Waals surface area contributed by atoms with Gasteiger partial charge in [0.2, 0.25) is 10.0 Å². The van der Waals surface area contributed by atoms with Gasteiger partial charge in [0.15, 0.2) is 11.5 Å². The van der Waals surface area contributed by atoms with Gasteiger partial charge in [0.1, 0.15) is 0 Å². The van der Waals surface area contributed by atoms with E-state index in [1.807, 2.05) is 6.07 Å². The van der Waals surface area contributed by atoms with Crippen molar-refractivity contribution in [2.45, 2.75) is 23.9 Å². The van der Waals surface area contributed by atoms with Crippen molar-refractivity contribution in [1.29, 1.82) is 10.5 Å². The van der Waals surface area contributed by atoms with Crippen molar-refractivity contribution in [3.63, 3.8) is 0 Å². The van der Waals surface area contributed by atoms with Crippen LogP contribution in [-0.2, 0) is 31.6 Å². The van der Waals surface area contributed by atoms with E-state index in [1.54, 1.807) is 37.3 Å². The largest absolute Gasteiger partial charge is 0.465 e. The van der Waals surface area contributed by atoms with Crippen molar-refractivity contribution in [2.24, 2.45) is 5.92 Å². The Balaban J connectivity index is 2.28. The van der Waals surface area contributed by atoms with Crippen LogP contribution in [0.5, 0.6) is 0 Å². The number of benzene rings is 2. The predicted octanol–water partition coefficient (Wildman–Crippen LogP) is 3.73. The summed E-state index contributed by atoms with van der Waals surface area (Å²) in [5.41, 5.74) is -1.64. The summed E-state index contributed by atoms with van der Waals surface area (Å²) in [6.07, 6.45) is 0. The van der Waals surface area contributed by atoms with Crippen molar-refractivity contribution in [3.05, 3.63) is 63.1 Å². The first-order valence-corrected chi connectivity index (χ1v) is 11.4. The number of nitrogens with zero attached hydrogens (tertiary/aromatic N) is 3. The zero-order valence-electron chi connectivity index (χ0n) is 15.7. The fourth-order valence-electron chi connectivity index (χ4n) is 3.49. The van der Waals surface area contributed by atoms with Gasteiger partial charge in [-0.1, -0.05) is 51.8 Å². The van der Waals surface area contributed by atoms with Gasteiger partial charge in [-0.25, -0.2) is 8.42 Å². The molecule has 0 saturated carbocycles. The molecule has 7 nitrogen and oxygen atoms in total. The topological polar surface area (TPSA) is 111 Å². The highest BCUT2D eigenvalue weighted by Gasteiger charge is 2.61. The van der Waals surface area contributed by atoms with Gasteiger partial charge in [0.05, 0.1) is 23.6 Å². The second-order valence-electron chi connectivity index (χ2n) is 6.44. The Labute approximate surface area is 187 Å². The van der Waals surface area contributed by atoms with Crippen molar-refractivity contribution in [1.82, 2.24) is 4.31 Å². The molecule has 0 radical (unpaired) electrons. The van der Waals surface area contributed by atoms with E-state index in [9.17, 15) is 23.7 Å². The molecule has 10 heteroatoms. The fourth-order valence-corrected chi connectivity index (χ4v) is 6.14. The number of ether oxygens (including phenoxy) is 1. The summed E-state index contributed by atoms with van der Waals surface area (Å²) in [5.74, 6) is -2.67. The Morgan fingerprint density at radius 1 is 1.30 bits per heavy atom. The summed E-state index contributed by atoms with van der Waals surface area (Å²) in [7, 11) is -4.21. The van der Waals surface area contributed by atoms with Gasteiger partial charge < -0.3 is 4.74 Å². The minimum atomic E-state index is -4.21. The van der Waals surface area contributed by atoms with Gasteiger partial charge in [-0.2, -0.15) is 14.8 Å². The molecule has 154 valence electrons. The lowest BCUT2D eigenvalue weighted by atomic mass is 9.79. The van der Waals surface area contributed by atoms with Crippen LogP contribution in [0.2, 0.25) is 5.02 Å². The molecule has 1 heterocycles. The third kappa shape index (κ3) is 3.38. The van der Waals surface area contributed by atoms with Crippen LogP contribution in [0, 0.1) is 28.6 Å². The number of sulfonamides is 1. The molecule has 2 aromatic carbocycles. The molecule has 1 aliphatic heterocycles. The summed E-state index contributed by atoms with van der Waals surface area (Å²) < 4.78 is 33.4. The van der Waals surface area contributed by atoms with Crippen LogP contribution in [0.15, 0.2) is 51.8 Å². The third-order valence-electron chi connectivity index (χ3n) is 4.83. The fraction of sp³-hybridized carbons (Fsp3) is 0.250. The molecular formula is C20H15BrClN3O4S. The predicted molar refractivity (Wildman–Crippen MR) is 111 cm³/mol. The smallest absolute Gasteiger partial charge is 0.326 e. The van der Waals surface area contributed by atoms with E-state index in [0.29, 0.717) is 10.0 Å². The number of halogens is 2. The zero-order valence-corrected chi connectivity index (χ0v) is 18.8. The van der Waals surface area contributed by atoms with E-state index in [-0.39, 0.29) is 28.6 Å². The maximum atomic E-state index is 13.4. The molecule has 0 aliphatic carbocycles. The molecule has 0 amide bonds. The number of hydrogen-bond donors (Lipinski definition) is 0. The minimum absolute atomic E-state index is 0.0224. The quantitative estimate of drug-likeness (QED) is 0.569. The second-order valence-corrected chi connectivity index (χ2v) is 9.59. The first kappa shape index (κ1) is 22.3. The van der Waals surface area contributed by atoms with Gasteiger partial charge in [0, 0.05) is 21.6 Å². The number of fused-ring (bicyclic) bond motifs is 1. The number of esters is 1. The lowest BCUT2D eigenvalue weighted by molar-refractivity contribution is -0.149. The van der Waals surface area contributed by atoms with Gasteiger partial charge in [-0.05, 0) is 30.7 Å². The van der Waals surface area contributed by atoms with Crippen molar-refractivity contribution >= 4 is 43.5 Å². The molecule has 30 heavy (non-hydrogen) atoms. The molecule has 3 rings (SSSR count). The van der Waals surface area contributed by atoms with E-state index in [2.05, 4.69) is 15.9 Å². The minimum Gasteiger partial charge on any atom is -0.465 e. The molecule has 2 atom stereocenters. The number of rotatable bonds is 5. The Morgan fingerprint density at radius 3 is 2.60 bits per heavy atom.